The van der Waals surface area contributed by atoms with Crippen molar-refractivity contribution in [3.8, 4) is 5.75 Å². The highest BCUT2D eigenvalue weighted by molar-refractivity contribution is 6.02. The summed E-state index contributed by atoms with van der Waals surface area (Å²) in [5, 5.41) is 0. The molecule has 124 valence electrons. The number of hydrogen-bond donors (Lipinski definition) is 0. The normalized spacial score (nSPS) is 15.3. The van der Waals surface area contributed by atoms with E-state index in [-0.39, 0.29) is 19.1 Å². The van der Waals surface area contributed by atoms with E-state index < -0.39 is 17.7 Å². The van der Waals surface area contributed by atoms with Crippen LogP contribution in [-0.2, 0) is 14.3 Å². The van der Waals surface area contributed by atoms with Gasteiger partial charge in [-0.15, -0.1) is 0 Å². The maximum absolute atomic E-state index is 13.5. The summed E-state index contributed by atoms with van der Waals surface area (Å²) in [5.74, 6) is -1.31. The van der Waals surface area contributed by atoms with Crippen molar-refractivity contribution in [1.82, 2.24) is 0 Å². The highest BCUT2D eigenvalue weighted by atomic mass is 19.1. The van der Waals surface area contributed by atoms with Crippen molar-refractivity contribution in [3.63, 3.8) is 0 Å². The molecule has 0 bridgehead atoms. The van der Waals surface area contributed by atoms with Crippen LogP contribution in [0.2, 0.25) is 0 Å². The van der Waals surface area contributed by atoms with Crippen LogP contribution in [0.5, 0.6) is 5.75 Å². The number of esters is 1. The molecule has 1 atom stereocenters. The van der Waals surface area contributed by atoms with Crippen LogP contribution in [0, 0.1) is 5.82 Å². The van der Waals surface area contributed by atoms with E-state index >= 15 is 0 Å². The van der Waals surface area contributed by atoms with E-state index in [0.717, 1.165) is 5.56 Å². The van der Waals surface area contributed by atoms with E-state index in [2.05, 4.69) is 4.74 Å². The van der Waals surface area contributed by atoms with Gasteiger partial charge in [0.25, 0.3) is 0 Å². The molecule has 1 aliphatic heterocycles. The van der Waals surface area contributed by atoms with Gasteiger partial charge >= 0.3 is 5.97 Å². The molecule has 2 aromatic rings. The Morgan fingerprint density at radius 1 is 1.25 bits per heavy atom. The minimum Gasteiger partial charge on any atom is -0.492 e. The molecule has 0 radical (unpaired) electrons. The Labute approximate surface area is 138 Å². The third-order valence-electron chi connectivity index (χ3n) is 3.90. The first-order valence-electron chi connectivity index (χ1n) is 7.45. The van der Waals surface area contributed by atoms with Crippen molar-refractivity contribution < 1.29 is 23.5 Å². The first-order valence-corrected chi connectivity index (χ1v) is 7.45. The van der Waals surface area contributed by atoms with Gasteiger partial charge in [-0.25, -0.2) is 4.39 Å². The smallest absolute Gasteiger partial charge is 0.325 e. The molecule has 2 aromatic carbocycles. The van der Waals surface area contributed by atoms with Crippen LogP contribution >= 0.6 is 0 Å². The third kappa shape index (κ3) is 3.08. The predicted molar refractivity (Wildman–Crippen MR) is 85.4 cm³/mol. The minimum atomic E-state index is -0.584. The first kappa shape index (κ1) is 16.0. The van der Waals surface area contributed by atoms with E-state index in [0.29, 0.717) is 11.4 Å². The van der Waals surface area contributed by atoms with Crippen LogP contribution in [-0.4, -0.2) is 32.1 Å². The number of amides is 1. The molecular weight excluding hydrogens is 313 g/mol. The molecule has 0 saturated carbocycles. The zero-order chi connectivity index (χ0) is 17.1. The molecule has 1 amide bonds. The van der Waals surface area contributed by atoms with Crippen LogP contribution in [0.15, 0.2) is 48.5 Å². The summed E-state index contributed by atoms with van der Waals surface area (Å²) in [6.45, 7) is -0.109. The highest BCUT2D eigenvalue weighted by Gasteiger charge is 2.34. The van der Waals surface area contributed by atoms with E-state index in [1.807, 2.05) is 18.2 Å². The van der Waals surface area contributed by atoms with Crippen LogP contribution in [0.1, 0.15) is 11.5 Å². The van der Waals surface area contributed by atoms with Crippen LogP contribution in [0.3, 0.4) is 0 Å². The molecule has 0 spiro atoms. The topological polar surface area (TPSA) is 55.8 Å². The fourth-order valence-corrected chi connectivity index (χ4v) is 2.69. The molecule has 1 aliphatic rings. The lowest BCUT2D eigenvalue weighted by molar-refractivity contribution is -0.140. The zero-order valence-corrected chi connectivity index (χ0v) is 13.1. The third-order valence-corrected chi connectivity index (χ3v) is 3.90. The Morgan fingerprint density at radius 2 is 2.04 bits per heavy atom. The van der Waals surface area contributed by atoms with Crippen molar-refractivity contribution >= 4 is 17.6 Å². The monoisotopic (exact) mass is 329 g/mol. The SMILES string of the molecule is COC(=O)CN(C(=O)C1COc2ccccc21)c1cccc(F)c1. The van der Waals surface area contributed by atoms with Crippen molar-refractivity contribution in [3.05, 3.63) is 59.9 Å². The molecular formula is C18H16FNO4. The Hall–Kier alpha value is -2.89. The second kappa shape index (κ2) is 6.70. The molecule has 1 heterocycles. The van der Waals surface area contributed by atoms with Crippen molar-refractivity contribution in [2.24, 2.45) is 0 Å². The van der Waals surface area contributed by atoms with Crippen molar-refractivity contribution in [2.45, 2.75) is 5.92 Å². The van der Waals surface area contributed by atoms with Crippen molar-refractivity contribution in [2.75, 3.05) is 25.2 Å². The van der Waals surface area contributed by atoms with Crippen LogP contribution < -0.4 is 9.64 Å². The van der Waals surface area contributed by atoms with Gasteiger partial charge in [0, 0.05) is 11.3 Å². The maximum Gasteiger partial charge on any atom is 0.325 e. The van der Waals surface area contributed by atoms with Gasteiger partial charge < -0.3 is 14.4 Å². The predicted octanol–water partition coefficient (Wildman–Crippen LogP) is 2.51. The van der Waals surface area contributed by atoms with Gasteiger partial charge in [-0.2, -0.15) is 0 Å². The number of halogens is 1. The summed E-state index contributed by atoms with van der Waals surface area (Å²) >= 11 is 0. The lowest BCUT2D eigenvalue weighted by atomic mass is 9.99. The average Bonchev–Trinajstić information content (AvgIpc) is 3.03. The van der Waals surface area contributed by atoms with Gasteiger partial charge in [0.05, 0.1) is 7.11 Å². The second-order valence-corrected chi connectivity index (χ2v) is 5.38. The molecule has 6 heteroatoms. The lowest BCUT2D eigenvalue weighted by Crippen LogP contribution is -2.40. The highest BCUT2D eigenvalue weighted by Crippen LogP contribution is 2.35. The molecule has 0 N–H and O–H groups in total. The fourth-order valence-electron chi connectivity index (χ4n) is 2.69. The molecule has 0 aliphatic carbocycles. The summed E-state index contributed by atoms with van der Waals surface area (Å²) in [7, 11) is 1.24. The number of nitrogens with zero attached hydrogens (tertiary/aromatic N) is 1. The Morgan fingerprint density at radius 3 is 2.79 bits per heavy atom. The minimum absolute atomic E-state index is 0.186. The molecule has 3 rings (SSSR count). The summed E-state index contributed by atoms with van der Waals surface area (Å²) in [6, 6.07) is 12.8. The summed E-state index contributed by atoms with van der Waals surface area (Å²) in [6.07, 6.45) is 0. The lowest BCUT2D eigenvalue weighted by Gasteiger charge is -2.24. The molecule has 1 unspecified atom stereocenters. The first-order chi connectivity index (χ1) is 11.6. The molecule has 0 aromatic heterocycles. The molecule has 5 nitrogen and oxygen atoms in total. The fraction of sp³-hybridized carbons (Fsp3) is 0.222. The number of methoxy groups -OCH3 is 1. The number of ether oxygens (including phenoxy) is 2. The Balaban J connectivity index is 1.94. The summed E-state index contributed by atoms with van der Waals surface area (Å²) in [4.78, 5) is 25.9. The van der Waals surface area contributed by atoms with Gasteiger partial charge in [0.15, 0.2) is 0 Å². The number of fused-ring (bicyclic) bond motifs is 1. The zero-order valence-electron chi connectivity index (χ0n) is 13.1. The summed E-state index contributed by atoms with van der Waals surface area (Å²) in [5.41, 5.74) is 1.06. The van der Waals surface area contributed by atoms with Gasteiger partial charge in [-0.3, -0.25) is 9.59 Å². The second-order valence-electron chi connectivity index (χ2n) is 5.38. The quantitative estimate of drug-likeness (QED) is 0.809. The standard InChI is InChI=1S/C18H16FNO4/c1-23-17(21)10-20(13-6-4-5-12(19)9-13)18(22)15-11-24-16-8-3-2-7-14(15)16/h2-9,15H,10-11H2,1H3. The summed E-state index contributed by atoms with van der Waals surface area (Å²) < 4.78 is 23.7. The van der Waals surface area contributed by atoms with Gasteiger partial charge in [0.2, 0.25) is 5.91 Å². The largest absolute Gasteiger partial charge is 0.492 e. The Bertz CT molecular complexity index is 777. The number of carbonyl (C=O) groups excluding carboxylic acids is 2. The number of para-hydroxylation sites is 1. The van der Waals surface area contributed by atoms with Crippen LogP contribution in [0.25, 0.3) is 0 Å². The van der Waals surface area contributed by atoms with Crippen molar-refractivity contribution in [1.29, 1.82) is 0 Å². The number of carbonyl (C=O) groups is 2. The van der Waals surface area contributed by atoms with E-state index in [9.17, 15) is 14.0 Å². The van der Waals surface area contributed by atoms with E-state index in [4.69, 9.17) is 4.74 Å². The van der Waals surface area contributed by atoms with Gasteiger partial charge in [-0.1, -0.05) is 24.3 Å². The van der Waals surface area contributed by atoms with E-state index in [1.165, 1.54) is 30.2 Å². The Kier molecular flexibility index (Phi) is 4.46. The van der Waals surface area contributed by atoms with Gasteiger partial charge in [-0.05, 0) is 24.3 Å². The number of benzene rings is 2. The van der Waals surface area contributed by atoms with E-state index in [1.54, 1.807) is 12.1 Å². The number of anilines is 1. The van der Waals surface area contributed by atoms with Gasteiger partial charge in [0.1, 0.15) is 30.6 Å². The molecule has 0 fully saturated rings. The average molecular weight is 329 g/mol. The number of hydrogen-bond acceptors (Lipinski definition) is 4. The molecule has 24 heavy (non-hydrogen) atoms. The molecule has 0 saturated heterocycles. The van der Waals surface area contributed by atoms with Crippen LogP contribution in [0.4, 0.5) is 10.1 Å². The number of rotatable bonds is 4. The maximum atomic E-state index is 13.5.